The van der Waals surface area contributed by atoms with Gasteiger partial charge >= 0.3 is 0 Å². The van der Waals surface area contributed by atoms with Gasteiger partial charge in [0.1, 0.15) is 17.1 Å². The van der Waals surface area contributed by atoms with Crippen LogP contribution in [0.3, 0.4) is 0 Å². The smallest absolute Gasteiger partial charge is 0.223 e. The molecule has 0 saturated heterocycles. The van der Waals surface area contributed by atoms with E-state index in [0.717, 1.165) is 5.56 Å². The third kappa shape index (κ3) is 3.78. The fourth-order valence-corrected chi connectivity index (χ4v) is 3.23. The van der Waals surface area contributed by atoms with Gasteiger partial charge in [0.15, 0.2) is 5.72 Å². The van der Waals surface area contributed by atoms with Crippen molar-refractivity contribution in [3.8, 4) is 0 Å². The molecule has 2 aromatic heterocycles. The van der Waals surface area contributed by atoms with E-state index in [-0.39, 0.29) is 29.9 Å². The molecule has 3 atom stereocenters. The van der Waals surface area contributed by atoms with Crippen molar-refractivity contribution in [2.75, 3.05) is 17.7 Å². The minimum absolute atomic E-state index is 0.0641. The summed E-state index contributed by atoms with van der Waals surface area (Å²) in [6.07, 6.45) is 6.34. The monoisotopic (exact) mass is 377 g/mol. The molecule has 0 spiro atoms. The second kappa shape index (κ2) is 7.55. The molecule has 9 heteroatoms. The average molecular weight is 378 g/mol. The van der Waals surface area contributed by atoms with Crippen LogP contribution in [0, 0.1) is 5.92 Å². The van der Waals surface area contributed by atoms with Crippen LogP contribution in [0.15, 0.2) is 24.5 Å². The number of aliphatic hydroxyl groups is 3. The fourth-order valence-electron chi connectivity index (χ4n) is 2.99. The molecule has 0 unspecified atom stereocenters. The summed E-state index contributed by atoms with van der Waals surface area (Å²) in [5, 5.41) is 33.3. The van der Waals surface area contributed by atoms with Gasteiger partial charge in [-0.3, -0.25) is 4.98 Å². The van der Waals surface area contributed by atoms with Crippen molar-refractivity contribution in [3.63, 3.8) is 0 Å². The zero-order valence-electron chi connectivity index (χ0n) is 13.9. The lowest BCUT2D eigenvalue weighted by Gasteiger charge is -2.30. The molecule has 138 valence electrons. The van der Waals surface area contributed by atoms with Crippen LogP contribution < -0.4 is 11.1 Å². The van der Waals surface area contributed by atoms with E-state index in [2.05, 4.69) is 20.3 Å². The van der Waals surface area contributed by atoms with Gasteiger partial charge in [0.05, 0.1) is 5.56 Å². The van der Waals surface area contributed by atoms with Crippen LogP contribution >= 0.6 is 11.6 Å². The summed E-state index contributed by atoms with van der Waals surface area (Å²) < 4.78 is 0. The largest absolute Gasteiger partial charge is 0.396 e. The highest BCUT2D eigenvalue weighted by Crippen LogP contribution is 2.37. The molecule has 3 rings (SSSR count). The Morgan fingerprint density at radius 1 is 1.38 bits per heavy atom. The molecular weight excluding hydrogens is 358 g/mol. The molecule has 1 saturated carbocycles. The van der Waals surface area contributed by atoms with Crippen LogP contribution in [-0.4, -0.2) is 48.7 Å². The summed E-state index contributed by atoms with van der Waals surface area (Å²) >= 11 is 6.20. The number of hydrogen-bond donors (Lipinski definition) is 5. The Labute approximate surface area is 155 Å². The maximum atomic E-state index is 10.8. The van der Waals surface area contributed by atoms with E-state index in [0.29, 0.717) is 12.0 Å². The van der Waals surface area contributed by atoms with Crippen LogP contribution in [0.1, 0.15) is 24.0 Å². The lowest BCUT2D eigenvalue weighted by Crippen LogP contribution is -2.48. The summed E-state index contributed by atoms with van der Waals surface area (Å²) in [4.78, 5) is 12.1. The molecule has 8 nitrogen and oxygen atoms in total. The summed E-state index contributed by atoms with van der Waals surface area (Å²) in [6, 6.07) is 3.66. The molecule has 0 radical (unpaired) electrons. The Kier molecular flexibility index (Phi) is 5.38. The molecule has 26 heavy (non-hydrogen) atoms. The van der Waals surface area contributed by atoms with Gasteiger partial charge in [-0.1, -0.05) is 23.7 Å². The molecule has 0 aliphatic heterocycles. The highest BCUT2D eigenvalue weighted by Gasteiger charge is 2.47. The normalized spacial score (nSPS) is 25.7. The van der Waals surface area contributed by atoms with E-state index in [4.69, 9.17) is 17.3 Å². The topological polar surface area (TPSA) is 137 Å². The zero-order chi connectivity index (χ0) is 18.7. The van der Waals surface area contributed by atoms with Crippen molar-refractivity contribution in [1.29, 1.82) is 0 Å². The van der Waals surface area contributed by atoms with Gasteiger partial charge in [-0.15, -0.1) is 0 Å². The Hall–Kier alpha value is -2.26. The van der Waals surface area contributed by atoms with Crippen LogP contribution in [0.5, 0.6) is 0 Å². The molecule has 6 N–H and O–H groups in total. The van der Waals surface area contributed by atoms with Crippen molar-refractivity contribution in [2.24, 2.45) is 5.92 Å². The summed E-state index contributed by atoms with van der Waals surface area (Å²) in [5.41, 5.74) is 5.29. The lowest BCUT2D eigenvalue weighted by atomic mass is 10.0. The zero-order valence-corrected chi connectivity index (χ0v) is 14.6. The summed E-state index contributed by atoms with van der Waals surface area (Å²) in [7, 11) is 0. The van der Waals surface area contributed by atoms with Crippen LogP contribution in [-0.2, 0) is 0 Å². The van der Waals surface area contributed by atoms with Crippen molar-refractivity contribution in [3.05, 3.63) is 40.8 Å². The first-order valence-electron chi connectivity index (χ1n) is 8.13. The molecular formula is C17H20ClN5O3. The van der Waals surface area contributed by atoms with Crippen LogP contribution in [0.25, 0.3) is 12.2 Å². The maximum absolute atomic E-state index is 10.8. The number of rotatable bonds is 5. The average Bonchev–Trinajstić information content (AvgIpc) is 2.89. The number of hydrogen-bond acceptors (Lipinski definition) is 8. The van der Waals surface area contributed by atoms with Crippen molar-refractivity contribution >= 4 is 35.5 Å². The lowest BCUT2D eigenvalue weighted by molar-refractivity contribution is -0.0545. The Morgan fingerprint density at radius 2 is 2.19 bits per heavy atom. The first kappa shape index (κ1) is 18.5. The standard InChI is InChI=1S/C17H20ClN5O3/c18-14-12(4-3-10-2-1-7-20-8-10)15(22-16(19)21-14)23-17(26)6-5-11(9-24)13(17)25/h1-4,7-8,11,13,24-26H,5-6,9H2,(H3,19,21,22,23)/b4-3+/t11-,13-,17-/m1/s1. The number of halogens is 1. The number of aliphatic hydroxyl groups excluding tert-OH is 2. The highest BCUT2D eigenvalue weighted by atomic mass is 35.5. The van der Waals surface area contributed by atoms with Gasteiger partial charge in [0.2, 0.25) is 5.95 Å². The van der Waals surface area contributed by atoms with Crippen molar-refractivity contribution in [2.45, 2.75) is 24.7 Å². The number of pyridine rings is 1. The molecule has 1 aliphatic rings. The molecule has 0 aromatic carbocycles. The number of nitrogens with two attached hydrogens (primary N) is 1. The number of anilines is 2. The van der Waals surface area contributed by atoms with E-state index in [1.54, 1.807) is 30.6 Å². The Bertz CT molecular complexity index is 804. The molecule has 1 fully saturated rings. The van der Waals surface area contributed by atoms with Crippen molar-refractivity contribution < 1.29 is 15.3 Å². The first-order valence-corrected chi connectivity index (χ1v) is 8.51. The fraction of sp³-hybridized carbons (Fsp3) is 0.353. The van der Waals surface area contributed by atoms with E-state index in [1.807, 2.05) is 6.07 Å². The third-order valence-corrected chi connectivity index (χ3v) is 4.73. The molecule has 0 amide bonds. The van der Waals surface area contributed by atoms with Crippen LogP contribution in [0.4, 0.5) is 11.8 Å². The van der Waals surface area contributed by atoms with Gasteiger partial charge in [-0.25, -0.2) is 4.98 Å². The van der Waals surface area contributed by atoms with Gasteiger partial charge in [-0.05, 0) is 30.5 Å². The minimum atomic E-state index is -1.64. The predicted octanol–water partition coefficient (Wildman–Crippen LogP) is 1.14. The second-order valence-electron chi connectivity index (χ2n) is 6.23. The molecule has 1 aliphatic carbocycles. The number of nitrogens with one attached hydrogen (secondary N) is 1. The van der Waals surface area contributed by atoms with E-state index < -0.39 is 17.7 Å². The minimum Gasteiger partial charge on any atom is -0.396 e. The quantitative estimate of drug-likeness (QED) is 0.386. The second-order valence-corrected chi connectivity index (χ2v) is 6.59. The SMILES string of the molecule is Nc1nc(Cl)c(/C=C/c2cccnc2)c(N[C@@]2(O)CC[C@H](CO)[C@H]2O)n1. The van der Waals surface area contributed by atoms with Crippen molar-refractivity contribution in [1.82, 2.24) is 15.0 Å². The molecule has 2 aromatic rings. The predicted molar refractivity (Wildman–Crippen MR) is 99.0 cm³/mol. The van der Waals surface area contributed by atoms with Gasteiger partial charge in [0.25, 0.3) is 0 Å². The number of aromatic nitrogens is 3. The summed E-state index contributed by atoms with van der Waals surface area (Å²) in [6.45, 7) is -0.217. The molecule has 2 heterocycles. The number of nitrogen functional groups attached to an aromatic ring is 1. The van der Waals surface area contributed by atoms with Gasteiger partial charge in [0, 0.05) is 24.9 Å². The van der Waals surface area contributed by atoms with Crippen LogP contribution in [0.2, 0.25) is 5.15 Å². The van der Waals surface area contributed by atoms with E-state index in [1.165, 1.54) is 0 Å². The van der Waals surface area contributed by atoms with Gasteiger partial charge in [-0.2, -0.15) is 4.98 Å². The maximum Gasteiger partial charge on any atom is 0.223 e. The van der Waals surface area contributed by atoms with Gasteiger partial charge < -0.3 is 26.4 Å². The number of nitrogens with zero attached hydrogens (tertiary/aromatic N) is 3. The first-order chi connectivity index (χ1) is 12.4. The Balaban J connectivity index is 1.93. The summed E-state index contributed by atoms with van der Waals surface area (Å²) in [5.74, 6) is -0.287. The van der Waals surface area contributed by atoms with E-state index in [9.17, 15) is 15.3 Å². The molecule has 0 bridgehead atoms. The Morgan fingerprint density at radius 3 is 2.85 bits per heavy atom. The van der Waals surface area contributed by atoms with E-state index >= 15 is 0 Å². The third-order valence-electron chi connectivity index (χ3n) is 4.44. The highest BCUT2D eigenvalue weighted by molar-refractivity contribution is 6.31.